The third-order valence-corrected chi connectivity index (χ3v) is 2.73. The van der Waals surface area contributed by atoms with Crippen LogP contribution < -0.4 is 5.56 Å². The molecule has 0 aliphatic heterocycles. The van der Waals surface area contributed by atoms with E-state index in [0.717, 1.165) is 0 Å². The van der Waals surface area contributed by atoms with Crippen molar-refractivity contribution in [3.05, 3.63) is 46.0 Å². The number of carbonyl (C=O) groups excluding carboxylic acids is 1. The fourth-order valence-corrected chi connectivity index (χ4v) is 1.81. The Morgan fingerprint density at radius 1 is 1.33 bits per heavy atom. The van der Waals surface area contributed by atoms with E-state index < -0.39 is 11.4 Å². The van der Waals surface area contributed by atoms with E-state index in [4.69, 9.17) is 0 Å². The Labute approximate surface area is 103 Å². The monoisotopic (exact) mass is 248 g/mol. The molecule has 1 aromatic carbocycles. The zero-order chi connectivity index (χ0) is 13.3. The average Bonchev–Trinajstić information content (AvgIpc) is 2.67. The van der Waals surface area contributed by atoms with Gasteiger partial charge in [-0.1, -0.05) is 12.1 Å². The van der Waals surface area contributed by atoms with Crippen molar-refractivity contribution in [3.8, 4) is 11.3 Å². The van der Waals surface area contributed by atoms with E-state index in [9.17, 15) is 14.0 Å². The maximum Gasteiger partial charge on any atom is 0.277 e. The van der Waals surface area contributed by atoms with Crippen LogP contribution in [0.1, 0.15) is 30.2 Å². The van der Waals surface area contributed by atoms with Crippen molar-refractivity contribution >= 4 is 6.29 Å². The fraction of sp³-hybridized carbons (Fsp3) is 0.231. The van der Waals surface area contributed by atoms with Gasteiger partial charge >= 0.3 is 0 Å². The highest BCUT2D eigenvalue weighted by atomic mass is 19.1. The molecule has 5 heteroatoms. The first kappa shape index (κ1) is 12.3. The summed E-state index contributed by atoms with van der Waals surface area (Å²) in [5, 5.41) is 2.79. The molecule has 0 aliphatic rings. The van der Waals surface area contributed by atoms with Gasteiger partial charge in [-0.05, 0) is 26.0 Å². The second kappa shape index (κ2) is 4.60. The van der Waals surface area contributed by atoms with Crippen LogP contribution in [0.3, 0.4) is 0 Å². The molecule has 0 aliphatic carbocycles. The zero-order valence-electron chi connectivity index (χ0n) is 10.1. The Morgan fingerprint density at radius 2 is 2.00 bits per heavy atom. The van der Waals surface area contributed by atoms with Crippen LogP contribution in [0.25, 0.3) is 11.3 Å². The molecular weight excluding hydrogens is 235 g/mol. The molecule has 2 aromatic rings. The van der Waals surface area contributed by atoms with E-state index in [1.165, 1.54) is 16.8 Å². The summed E-state index contributed by atoms with van der Waals surface area (Å²) in [7, 11) is 0. The maximum atomic E-state index is 13.7. The highest BCUT2D eigenvalue weighted by Crippen LogP contribution is 2.22. The molecule has 4 nitrogen and oxygen atoms in total. The maximum absolute atomic E-state index is 13.7. The van der Waals surface area contributed by atoms with Gasteiger partial charge in [0.1, 0.15) is 11.4 Å². The lowest BCUT2D eigenvalue weighted by molar-refractivity contribution is 0.112. The highest BCUT2D eigenvalue weighted by molar-refractivity contribution is 5.85. The van der Waals surface area contributed by atoms with E-state index >= 15 is 0 Å². The highest BCUT2D eigenvalue weighted by Gasteiger charge is 2.18. The normalized spacial score (nSPS) is 10.9. The predicted octanol–water partition coefficient (Wildman–Crippen LogP) is 2.38. The first-order valence-electron chi connectivity index (χ1n) is 5.60. The van der Waals surface area contributed by atoms with Gasteiger partial charge in [-0.2, -0.15) is 0 Å². The second-order valence-electron chi connectivity index (χ2n) is 4.27. The number of aromatic nitrogens is 2. The lowest BCUT2D eigenvalue weighted by Crippen LogP contribution is -2.20. The molecule has 1 aromatic heterocycles. The molecule has 0 radical (unpaired) electrons. The van der Waals surface area contributed by atoms with Crippen LogP contribution in [-0.2, 0) is 0 Å². The van der Waals surface area contributed by atoms with Gasteiger partial charge < -0.3 is 0 Å². The van der Waals surface area contributed by atoms with Crippen molar-refractivity contribution < 1.29 is 9.18 Å². The number of H-pyrrole nitrogens is 1. The van der Waals surface area contributed by atoms with Crippen molar-refractivity contribution in [2.75, 3.05) is 0 Å². The Hall–Kier alpha value is -2.17. The Kier molecular flexibility index (Phi) is 3.14. The Bertz CT molecular complexity index is 641. The van der Waals surface area contributed by atoms with Crippen LogP contribution in [0.2, 0.25) is 0 Å². The zero-order valence-corrected chi connectivity index (χ0v) is 10.1. The molecule has 2 rings (SSSR count). The van der Waals surface area contributed by atoms with Gasteiger partial charge in [-0.3, -0.25) is 14.7 Å². The average molecular weight is 248 g/mol. The number of carbonyl (C=O) groups is 1. The third kappa shape index (κ3) is 1.88. The van der Waals surface area contributed by atoms with Gasteiger partial charge in [0, 0.05) is 11.6 Å². The number of rotatable bonds is 3. The summed E-state index contributed by atoms with van der Waals surface area (Å²) in [6.07, 6.45) is 0.458. The molecule has 0 bridgehead atoms. The van der Waals surface area contributed by atoms with E-state index in [2.05, 4.69) is 5.10 Å². The van der Waals surface area contributed by atoms with Crippen LogP contribution in [0.5, 0.6) is 0 Å². The molecule has 0 atom stereocenters. The van der Waals surface area contributed by atoms with Gasteiger partial charge in [0.05, 0.1) is 5.69 Å². The SMILES string of the molecule is CC(C)n1[nH]c(-c2ccccc2F)c(C=O)c1=O. The number of nitrogens with zero attached hydrogens (tertiary/aromatic N) is 1. The van der Waals surface area contributed by atoms with Crippen molar-refractivity contribution in [2.24, 2.45) is 0 Å². The van der Waals surface area contributed by atoms with Crippen LogP contribution >= 0.6 is 0 Å². The number of hydrogen-bond donors (Lipinski definition) is 1. The standard InChI is InChI=1S/C13H13FN2O2/c1-8(2)16-13(18)10(7-17)12(15-16)9-5-3-4-6-11(9)14/h3-8,15H,1-2H3. The van der Waals surface area contributed by atoms with Gasteiger partial charge in [0.25, 0.3) is 5.56 Å². The minimum Gasteiger partial charge on any atom is -0.298 e. The quantitative estimate of drug-likeness (QED) is 0.848. The molecule has 18 heavy (non-hydrogen) atoms. The molecule has 1 N–H and O–H groups in total. The second-order valence-corrected chi connectivity index (χ2v) is 4.27. The van der Waals surface area contributed by atoms with Crippen molar-refractivity contribution in [1.82, 2.24) is 9.78 Å². The summed E-state index contributed by atoms with van der Waals surface area (Å²) in [4.78, 5) is 22.9. The molecule has 0 amide bonds. The topological polar surface area (TPSA) is 54.9 Å². The first-order chi connectivity index (χ1) is 8.56. The first-order valence-corrected chi connectivity index (χ1v) is 5.60. The van der Waals surface area contributed by atoms with E-state index in [-0.39, 0.29) is 22.9 Å². The summed E-state index contributed by atoms with van der Waals surface area (Å²) in [6, 6.07) is 5.89. The summed E-state index contributed by atoms with van der Waals surface area (Å²) in [6.45, 7) is 3.61. The van der Waals surface area contributed by atoms with E-state index in [1.54, 1.807) is 26.0 Å². The predicted molar refractivity (Wildman–Crippen MR) is 66.2 cm³/mol. The number of benzene rings is 1. The van der Waals surface area contributed by atoms with Gasteiger partial charge in [-0.25, -0.2) is 9.07 Å². The number of aldehydes is 1. The molecule has 0 saturated carbocycles. The number of hydrogen-bond acceptors (Lipinski definition) is 2. The van der Waals surface area contributed by atoms with E-state index in [0.29, 0.717) is 6.29 Å². The lowest BCUT2D eigenvalue weighted by atomic mass is 10.1. The molecular formula is C13H13FN2O2. The van der Waals surface area contributed by atoms with Crippen molar-refractivity contribution in [3.63, 3.8) is 0 Å². The molecule has 0 spiro atoms. The minimum absolute atomic E-state index is 0.0474. The van der Waals surface area contributed by atoms with Gasteiger partial charge in [0.2, 0.25) is 0 Å². The lowest BCUT2D eigenvalue weighted by Gasteiger charge is -2.05. The molecule has 0 unspecified atom stereocenters. The molecule has 0 saturated heterocycles. The van der Waals surface area contributed by atoms with Crippen molar-refractivity contribution in [1.29, 1.82) is 0 Å². The van der Waals surface area contributed by atoms with E-state index in [1.807, 2.05) is 0 Å². The summed E-state index contributed by atoms with van der Waals surface area (Å²) < 4.78 is 15.0. The number of aromatic amines is 1. The number of halogens is 1. The Balaban J connectivity index is 2.73. The van der Waals surface area contributed by atoms with Gasteiger partial charge in [0.15, 0.2) is 6.29 Å². The molecule has 94 valence electrons. The number of nitrogens with one attached hydrogen (secondary N) is 1. The molecule has 0 fully saturated rings. The smallest absolute Gasteiger partial charge is 0.277 e. The Morgan fingerprint density at radius 3 is 2.56 bits per heavy atom. The molecule has 1 heterocycles. The minimum atomic E-state index is -0.474. The van der Waals surface area contributed by atoms with Crippen LogP contribution in [0, 0.1) is 5.82 Å². The van der Waals surface area contributed by atoms with Crippen LogP contribution in [0.4, 0.5) is 4.39 Å². The van der Waals surface area contributed by atoms with Crippen LogP contribution in [-0.4, -0.2) is 16.1 Å². The van der Waals surface area contributed by atoms with Gasteiger partial charge in [-0.15, -0.1) is 0 Å². The third-order valence-electron chi connectivity index (χ3n) is 2.73. The summed E-state index contributed by atoms with van der Waals surface area (Å²) in [5.74, 6) is -0.474. The summed E-state index contributed by atoms with van der Waals surface area (Å²) in [5.41, 5.74) is -0.0371. The van der Waals surface area contributed by atoms with Crippen molar-refractivity contribution in [2.45, 2.75) is 19.9 Å². The summed E-state index contributed by atoms with van der Waals surface area (Å²) >= 11 is 0. The van der Waals surface area contributed by atoms with Crippen LogP contribution in [0.15, 0.2) is 29.1 Å². The fourth-order valence-electron chi connectivity index (χ4n) is 1.81. The largest absolute Gasteiger partial charge is 0.298 e.